The lowest BCUT2D eigenvalue weighted by Crippen LogP contribution is -2.22. The van der Waals surface area contributed by atoms with Crippen LogP contribution in [0.3, 0.4) is 0 Å². The summed E-state index contributed by atoms with van der Waals surface area (Å²) in [6.07, 6.45) is 3.29. The molecule has 0 aliphatic heterocycles. The van der Waals surface area contributed by atoms with Gasteiger partial charge in [0.25, 0.3) is 0 Å². The molecule has 2 aromatic rings. The third-order valence-corrected chi connectivity index (χ3v) is 2.71. The molecule has 0 unspecified atom stereocenters. The molecule has 0 bridgehead atoms. The number of carbonyl (C=O) groups excluding carboxylic acids is 1. The minimum Gasteiger partial charge on any atom is -0.465 e. The molecule has 1 aromatic carbocycles. The molecular weight excluding hydrogens is 244 g/mol. The lowest BCUT2D eigenvalue weighted by Gasteiger charge is -2.06. The van der Waals surface area contributed by atoms with Crippen LogP contribution in [0, 0.1) is 6.92 Å². The molecule has 5 nitrogen and oxygen atoms in total. The predicted octanol–water partition coefficient (Wildman–Crippen LogP) is 1.39. The van der Waals surface area contributed by atoms with E-state index in [9.17, 15) is 9.59 Å². The molecule has 0 N–H and O–H groups in total. The van der Waals surface area contributed by atoms with Crippen LogP contribution in [0.4, 0.5) is 0 Å². The summed E-state index contributed by atoms with van der Waals surface area (Å²) in [6.45, 7) is 2.30. The Hall–Kier alpha value is -2.43. The van der Waals surface area contributed by atoms with E-state index >= 15 is 0 Å². The van der Waals surface area contributed by atoms with Gasteiger partial charge >= 0.3 is 11.7 Å². The fourth-order valence-electron chi connectivity index (χ4n) is 1.74. The van der Waals surface area contributed by atoms with E-state index in [-0.39, 0.29) is 11.7 Å². The van der Waals surface area contributed by atoms with Crippen molar-refractivity contribution >= 4 is 5.97 Å². The number of hydrogen-bond donors (Lipinski definition) is 0. The number of esters is 1. The largest absolute Gasteiger partial charge is 0.465 e. The second kappa shape index (κ2) is 5.48. The molecule has 0 atom stereocenters. The first-order valence-corrected chi connectivity index (χ1v) is 5.80. The third-order valence-electron chi connectivity index (χ3n) is 2.71. The Balaban J connectivity index is 2.22. The van der Waals surface area contributed by atoms with E-state index in [4.69, 9.17) is 0 Å². The number of aromatic nitrogens is 2. The number of carbonyl (C=O) groups is 1. The Labute approximate surface area is 110 Å². The van der Waals surface area contributed by atoms with Crippen molar-refractivity contribution in [3.05, 3.63) is 63.8 Å². The summed E-state index contributed by atoms with van der Waals surface area (Å²) < 4.78 is 6.16. The summed E-state index contributed by atoms with van der Waals surface area (Å²) in [5.41, 5.74) is 2.04. The number of benzene rings is 1. The first-order chi connectivity index (χ1) is 9.10. The van der Waals surface area contributed by atoms with Gasteiger partial charge in [-0.1, -0.05) is 12.1 Å². The maximum atomic E-state index is 11.6. The molecule has 0 fully saturated rings. The molecule has 1 aromatic heterocycles. The lowest BCUT2D eigenvalue weighted by atomic mass is 10.1. The maximum Gasteiger partial charge on any atom is 0.347 e. The summed E-state index contributed by atoms with van der Waals surface area (Å²) in [7, 11) is 1.34. The Morgan fingerprint density at radius 3 is 2.63 bits per heavy atom. The van der Waals surface area contributed by atoms with Gasteiger partial charge in [-0.3, -0.25) is 4.57 Å². The van der Waals surface area contributed by atoms with Crippen molar-refractivity contribution in [3.8, 4) is 0 Å². The van der Waals surface area contributed by atoms with Gasteiger partial charge in [-0.2, -0.15) is 0 Å². The van der Waals surface area contributed by atoms with Crippen LogP contribution in [-0.2, 0) is 11.3 Å². The van der Waals surface area contributed by atoms with Crippen LogP contribution in [0.15, 0.2) is 41.5 Å². The molecule has 0 radical (unpaired) electrons. The Kier molecular flexibility index (Phi) is 3.75. The minimum atomic E-state index is -0.374. The van der Waals surface area contributed by atoms with Crippen LogP contribution < -0.4 is 5.69 Å². The highest BCUT2D eigenvalue weighted by atomic mass is 16.5. The zero-order chi connectivity index (χ0) is 13.8. The summed E-state index contributed by atoms with van der Waals surface area (Å²) in [6, 6.07) is 6.94. The fourth-order valence-corrected chi connectivity index (χ4v) is 1.74. The monoisotopic (exact) mass is 258 g/mol. The molecule has 19 heavy (non-hydrogen) atoms. The van der Waals surface area contributed by atoms with Crippen LogP contribution in [-0.4, -0.2) is 22.6 Å². The van der Waals surface area contributed by atoms with Gasteiger partial charge in [0.1, 0.15) is 0 Å². The quantitative estimate of drug-likeness (QED) is 0.780. The molecule has 0 aliphatic rings. The number of methoxy groups -OCH3 is 1. The fraction of sp³-hybridized carbons (Fsp3) is 0.214. The van der Waals surface area contributed by atoms with Crippen molar-refractivity contribution in [2.24, 2.45) is 0 Å². The second-order valence-electron chi connectivity index (χ2n) is 4.23. The maximum absolute atomic E-state index is 11.6. The Morgan fingerprint density at radius 1 is 1.32 bits per heavy atom. The standard InChI is InChI=1S/C14H14N2O3/c1-10-7-15-14(18)16(8-10)9-11-3-5-12(6-4-11)13(17)19-2/h3-8H,9H2,1-2H3. The van der Waals surface area contributed by atoms with Gasteiger partial charge in [-0.15, -0.1) is 0 Å². The van der Waals surface area contributed by atoms with Crippen LogP contribution in [0.5, 0.6) is 0 Å². The molecule has 2 rings (SSSR count). The van der Waals surface area contributed by atoms with Crippen LogP contribution in [0.2, 0.25) is 0 Å². The molecule has 0 amide bonds. The predicted molar refractivity (Wildman–Crippen MR) is 70.1 cm³/mol. The van der Waals surface area contributed by atoms with Gasteiger partial charge < -0.3 is 4.74 Å². The van der Waals surface area contributed by atoms with Crippen molar-refractivity contribution < 1.29 is 9.53 Å². The molecule has 5 heteroatoms. The minimum absolute atomic E-state index is 0.289. The molecular formula is C14H14N2O3. The molecule has 0 aliphatic carbocycles. The van der Waals surface area contributed by atoms with E-state index < -0.39 is 0 Å². The molecule has 0 spiro atoms. The summed E-state index contributed by atoms with van der Waals surface area (Å²) in [5.74, 6) is -0.374. The SMILES string of the molecule is COC(=O)c1ccc(Cn2cc(C)cnc2=O)cc1. The van der Waals surface area contributed by atoms with Gasteiger partial charge in [0, 0.05) is 12.4 Å². The van der Waals surface area contributed by atoms with Crippen LogP contribution in [0.1, 0.15) is 21.5 Å². The van der Waals surface area contributed by atoms with Crippen molar-refractivity contribution in [1.29, 1.82) is 0 Å². The van der Waals surface area contributed by atoms with Crippen molar-refractivity contribution in [2.75, 3.05) is 7.11 Å². The molecule has 0 saturated heterocycles. The van der Waals surface area contributed by atoms with E-state index in [1.165, 1.54) is 11.7 Å². The lowest BCUT2D eigenvalue weighted by molar-refractivity contribution is 0.0600. The smallest absolute Gasteiger partial charge is 0.347 e. The normalized spacial score (nSPS) is 10.2. The van der Waals surface area contributed by atoms with Crippen molar-refractivity contribution in [3.63, 3.8) is 0 Å². The number of aryl methyl sites for hydroxylation is 1. The van der Waals surface area contributed by atoms with Gasteiger partial charge in [0.2, 0.25) is 0 Å². The highest BCUT2D eigenvalue weighted by Crippen LogP contribution is 2.07. The highest BCUT2D eigenvalue weighted by Gasteiger charge is 2.05. The number of nitrogens with zero attached hydrogens (tertiary/aromatic N) is 2. The first kappa shape index (κ1) is 13.0. The second-order valence-corrected chi connectivity index (χ2v) is 4.23. The van der Waals surface area contributed by atoms with E-state index in [1.807, 2.05) is 6.92 Å². The van der Waals surface area contributed by atoms with Gasteiger partial charge in [-0.25, -0.2) is 14.6 Å². The zero-order valence-electron chi connectivity index (χ0n) is 10.8. The van der Waals surface area contributed by atoms with Gasteiger partial charge in [0.15, 0.2) is 0 Å². The van der Waals surface area contributed by atoms with E-state index in [0.717, 1.165) is 11.1 Å². The van der Waals surface area contributed by atoms with E-state index in [2.05, 4.69) is 9.72 Å². The number of hydrogen-bond acceptors (Lipinski definition) is 4. The first-order valence-electron chi connectivity index (χ1n) is 5.80. The average Bonchev–Trinajstić information content (AvgIpc) is 2.43. The van der Waals surface area contributed by atoms with Gasteiger partial charge in [-0.05, 0) is 30.2 Å². The number of rotatable bonds is 3. The molecule has 0 saturated carbocycles. The number of ether oxygens (including phenoxy) is 1. The molecule has 1 heterocycles. The highest BCUT2D eigenvalue weighted by molar-refractivity contribution is 5.89. The van der Waals surface area contributed by atoms with Crippen molar-refractivity contribution in [1.82, 2.24) is 9.55 Å². The Bertz CT molecular complexity index is 644. The zero-order valence-corrected chi connectivity index (χ0v) is 10.8. The third kappa shape index (κ3) is 3.07. The average molecular weight is 258 g/mol. The Morgan fingerprint density at radius 2 is 2.00 bits per heavy atom. The van der Waals surface area contributed by atoms with E-state index in [1.54, 1.807) is 36.7 Å². The van der Waals surface area contributed by atoms with Gasteiger partial charge in [0.05, 0.1) is 19.2 Å². The molecule has 98 valence electrons. The van der Waals surface area contributed by atoms with Crippen LogP contribution in [0.25, 0.3) is 0 Å². The van der Waals surface area contributed by atoms with E-state index in [0.29, 0.717) is 12.1 Å². The van der Waals surface area contributed by atoms with Crippen LogP contribution >= 0.6 is 0 Å². The summed E-state index contributed by atoms with van der Waals surface area (Å²) in [5, 5.41) is 0. The van der Waals surface area contributed by atoms with Crippen molar-refractivity contribution in [2.45, 2.75) is 13.5 Å². The summed E-state index contributed by atoms with van der Waals surface area (Å²) >= 11 is 0. The summed E-state index contributed by atoms with van der Waals surface area (Å²) in [4.78, 5) is 26.6. The topological polar surface area (TPSA) is 61.2 Å².